The van der Waals surface area contributed by atoms with Crippen molar-refractivity contribution in [3.8, 4) is 11.3 Å². The Kier molecular flexibility index (Phi) is 4.77. The zero-order valence-corrected chi connectivity index (χ0v) is 15.5. The molecule has 1 aromatic heterocycles. The van der Waals surface area contributed by atoms with Crippen LogP contribution in [0, 0.1) is 22.9 Å². The van der Waals surface area contributed by atoms with Crippen LogP contribution in [0.4, 0.5) is 10.1 Å². The van der Waals surface area contributed by atoms with Crippen molar-refractivity contribution in [3.63, 3.8) is 0 Å². The van der Waals surface area contributed by atoms with E-state index in [4.69, 9.17) is 4.84 Å². The second-order valence-electron chi connectivity index (χ2n) is 6.68. The van der Waals surface area contributed by atoms with Crippen LogP contribution in [0.25, 0.3) is 11.3 Å². The topological polar surface area (TPSA) is 85.6 Å². The summed E-state index contributed by atoms with van der Waals surface area (Å²) in [5.41, 5.74) is 3.61. The highest BCUT2D eigenvalue weighted by atomic mass is 19.1. The predicted molar refractivity (Wildman–Crippen MR) is 102 cm³/mol. The first kappa shape index (κ1) is 18.7. The fourth-order valence-electron chi connectivity index (χ4n) is 3.27. The summed E-state index contributed by atoms with van der Waals surface area (Å²) in [5.74, 6) is -0.633. The zero-order chi connectivity index (χ0) is 20.5. The lowest BCUT2D eigenvalue weighted by atomic mass is 10.0. The highest BCUT2D eigenvalue weighted by Crippen LogP contribution is 2.31. The number of aromatic nitrogens is 1. The molecule has 0 bridgehead atoms. The molecular weight excluding hydrogens is 377 g/mol. The maximum absolute atomic E-state index is 13.0. The lowest BCUT2D eigenvalue weighted by Gasteiger charge is -2.15. The molecule has 1 aliphatic heterocycles. The molecule has 1 amide bonds. The standard InChI is InChI=1S/C21H16FN3O4/c1-13-20-16(10-19(23-13)15-3-2-4-18(9-15)25(27)28)11-24(21(20)26)29-12-14-5-7-17(22)8-6-14/h2-10H,11-12H2,1H3. The Morgan fingerprint density at radius 1 is 1.21 bits per heavy atom. The third-order valence-electron chi connectivity index (χ3n) is 4.69. The number of nitrogens with zero attached hydrogens (tertiary/aromatic N) is 3. The smallest absolute Gasteiger partial charge is 0.267 e. The van der Waals surface area contributed by atoms with Crippen LogP contribution in [0.3, 0.4) is 0 Å². The van der Waals surface area contributed by atoms with E-state index in [1.165, 1.54) is 29.3 Å². The molecule has 0 saturated heterocycles. The van der Waals surface area contributed by atoms with Gasteiger partial charge in [-0.15, -0.1) is 0 Å². The van der Waals surface area contributed by atoms with Crippen molar-refractivity contribution in [2.45, 2.75) is 20.1 Å². The van der Waals surface area contributed by atoms with Gasteiger partial charge >= 0.3 is 0 Å². The number of halogens is 1. The second-order valence-corrected chi connectivity index (χ2v) is 6.68. The summed E-state index contributed by atoms with van der Waals surface area (Å²) in [5, 5.41) is 12.3. The van der Waals surface area contributed by atoms with Gasteiger partial charge in [-0.05, 0) is 36.2 Å². The van der Waals surface area contributed by atoms with E-state index in [1.807, 2.05) is 0 Å². The molecule has 0 unspecified atom stereocenters. The first-order valence-corrected chi connectivity index (χ1v) is 8.87. The van der Waals surface area contributed by atoms with Crippen LogP contribution in [-0.2, 0) is 18.0 Å². The molecule has 0 spiro atoms. The van der Waals surface area contributed by atoms with E-state index in [0.717, 1.165) is 11.1 Å². The lowest BCUT2D eigenvalue weighted by molar-refractivity contribution is -0.384. The van der Waals surface area contributed by atoms with Gasteiger partial charge < -0.3 is 0 Å². The molecule has 0 aliphatic carbocycles. The Bertz CT molecular complexity index is 1120. The largest absolute Gasteiger partial charge is 0.279 e. The zero-order valence-electron chi connectivity index (χ0n) is 15.5. The van der Waals surface area contributed by atoms with Crippen LogP contribution in [0.1, 0.15) is 27.2 Å². The molecule has 2 heterocycles. The normalized spacial score (nSPS) is 12.9. The highest BCUT2D eigenvalue weighted by Gasteiger charge is 2.31. The molecule has 3 aromatic rings. The number of rotatable bonds is 5. The fourth-order valence-corrected chi connectivity index (χ4v) is 3.27. The second kappa shape index (κ2) is 7.40. The van der Waals surface area contributed by atoms with E-state index in [2.05, 4.69) is 4.98 Å². The van der Waals surface area contributed by atoms with Crippen molar-refractivity contribution in [3.05, 3.63) is 92.9 Å². The number of aryl methyl sites for hydroxylation is 1. The number of hydroxylamine groups is 2. The van der Waals surface area contributed by atoms with Crippen molar-refractivity contribution in [2.24, 2.45) is 0 Å². The molecule has 0 radical (unpaired) electrons. The van der Waals surface area contributed by atoms with Crippen LogP contribution in [0.5, 0.6) is 0 Å². The number of hydrogen-bond acceptors (Lipinski definition) is 5. The number of nitro benzene ring substituents is 1. The van der Waals surface area contributed by atoms with E-state index >= 15 is 0 Å². The number of carbonyl (C=O) groups excluding carboxylic acids is 1. The Morgan fingerprint density at radius 2 is 1.97 bits per heavy atom. The molecule has 7 nitrogen and oxygen atoms in total. The van der Waals surface area contributed by atoms with Crippen molar-refractivity contribution >= 4 is 11.6 Å². The van der Waals surface area contributed by atoms with Gasteiger partial charge in [0.05, 0.1) is 28.4 Å². The summed E-state index contributed by atoms with van der Waals surface area (Å²) >= 11 is 0. The predicted octanol–water partition coefficient (Wildman–Crippen LogP) is 4.19. The maximum Gasteiger partial charge on any atom is 0.279 e. The van der Waals surface area contributed by atoms with E-state index in [0.29, 0.717) is 22.5 Å². The summed E-state index contributed by atoms with van der Waals surface area (Å²) < 4.78 is 13.0. The van der Waals surface area contributed by atoms with Crippen LogP contribution in [0.15, 0.2) is 54.6 Å². The summed E-state index contributed by atoms with van der Waals surface area (Å²) in [4.78, 5) is 33.3. The monoisotopic (exact) mass is 393 g/mol. The number of nitro groups is 1. The molecule has 0 atom stereocenters. The van der Waals surface area contributed by atoms with Crippen LogP contribution < -0.4 is 0 Å². The van der Waals surface area contributed by atoms with Gasteiger partial charge in [0.2, 0.25) is 0 Å². The van der Waals surface area contributed by atoms with Gasteiger partial charge in [0, 0.05) is 17.7 Å². The highest BCUT2D eigenvalue weighted by molar-refractivity contribution is 5.99. The van der Waals surface area contributed by atoms with Crippen molar-refractivity contribution < 1.29 is 18.9 Å². The molecule has 146 valence electrons. The van der Waals surface area contributed by atoms with E-state index in [-0.39, 0.29) is 30.6 Å². The molecule has 0 fully saturated rings. The molecule has 0 N–H and O–H groups in total. The number of amides is 1. The summed E-state index contributed by atoms with van der Waals surface area (Å²) in [6.45, 7) is 2.09. The van der Waals surface area contributed by atoms with Crippen molar-refractivity contribution in [1.82, 2.24) is 10.0 Å². The number of non-ortho nitro benzene ring substituents is 1. The van der Waals surface area contributed by atoms with Crippen molar-refractivity contribution in [1.29, 1.82) is 0 Å². The Balaban J connectivity index is 1.57. The first-order valence-electron chi connectivity index (χ1n) is 8.87. The first-order chi connectivity index (χ1) is 13.9. The maximum atomic E-state index is 13.0. The quantitative estimate of drug-likeness (QED) is 0.479. The molecule has 0 saturated carbocycles. The summed E-state index contributed by atoms with van der Waals surface area (Å²) in [6, 6.07) is 13.8. The number of hydrogen-bond donors (Lipinski definition) is 0. The minimum Gasteiger partial charge on any atom is -0.267 e. The van der Waals surface area contributed by atoms with Crippen LogP contribution in [-0.4, -0.2) is 20.9 Å². The lowest BCUT2D eigenvalue weighted by Crippen LogP contribution is -2.24. The van der Waals surface area contributed by atoms with Gasteiger partial charge in [-0.2, -0.15) is 0 Å². The number of benzene rings is 2. The molecule has 8 heteroatoms. The van der Waals surface area contributed by atoms with Gasteiger partial charge in [-0.25, -0.2) is 9.45 Å². The molecule has 29 heavy (non-hydrogen) atoms. The number of pyridine rings is 1. The van der Waals surface area contributed by atoms with E-state index in [9.17, 15) is 19.3 Å². The average molecular weight is 393 g/mol. The average Bonchev–Trinajstić information content (AvgIpc) is 3.03. The minimum absolute atomic E-state index is 0.0252. The van der Waals surface area contributed by atoms with Gasteiger partial charge in [-0.1, -0.05) is 24.3 Å². The van der Waals surface area contributed by atoms with Crippen LogP contribution in [0.2, 0.25) is 0 Å². The van der Waals surface area contributed by atoms with E-state index < -0.39 is 4.92 Å². The third-order valence-corrected chi connectivity index (χ3v) is 4.69. The molecule has 2 aromatic carbocycles. The van der Waals surface area contributed by atoms with Gasteiger partial charge in [0.1, 0.15) is 12.4 Å². The fraction of sp³-hybridized carbons (Fsp3) is 0.143. The van der Waals surface area contributed by atoms with Gasteiger partial charge in [0.25, 0.3) is 11.6 Å². The van der Waals surface area contributed by atoms with Gasteiger partial charge in [-0.3, -0.25) is 24.7 Å². The van der Waals surface area contributed by atoms with Crippen molar-refractivity contribution in [2.75, 3.05) is 0 Å². The summed E-state index contributed by atoms with van der Waals surface area (Å²) in [7, 11) is 0. The molecule has 1 aliphatic rings. The Morgan fingerprint density at radius 3 is 2.69 bits per heavy atom. The molecule has 4 rings (SSSR count). The molecular formula is C21H16FN3O4. The van der Waals surface area contributed by atoms with E-state index in [1.54, 1.807) is 37.3 Å². The summed E-state index contributed by atoms with van der Waals surface area (Å²) in [6.07, 6.45) is 0. The third kappa shape index (κ3) is 3.70. The number of fused-ring (bicyclic) bond motifs is 1. The minimum atomic E-state index is -0.460. The van der Waals surface area contributed by atoms with Crippen LogP contribution >= 0.6 is 0 Å². The Labute approximate surface area is 165 Å². The number of carbonyl (C=O) groups is 1. The Hall–Kier alpha value is -3.65. The van der Waals surface area contributed by atoms with Gasteiger partial charge in [0.15, 0.2) is 0 Å². The SMILES string of the molecule is Cc1nc(-c2cccc([N+](=O)[O-])c2)cc2c1C(=O)N(OCc1ccc(F)cc1)C2.